The first kappa shape index (κ1) is 16.2. The van der Waals surface area contributed by atoms with E-state index < -0.39 is 0 Å². The number of carbonyl (C=O) groups is 1. The summed E-state index contributed by atoms with van der Waals surface area (Å²) in [5.74, 6) is 0.0734. The minimum Gasteiger partial charge on any atom is -0.396 e. The molecule has 4 nitrogen and oxygen atoms in total. The Labute approximate surface area is 116 Å². The zero-order valence-electron chi connectivity index (χ0n) is 12.4. The molecule has 0 bridgehead atoms. The molecule has 19 heavy (non-hydrogen) atoms. The number of piperidine rings is 1. The monoisotopic (exact) mass is 269 g/mol. The fourth-order valence-electron chi connectivity index (χ4n) is 2.74. The highest BCUT2D eigenvalue weighted by Gasteiger charge is 2.35. The van der Waals surface area contributed by atoms with Crippen molar-refractivity contribution in [3.63, 3.8) is 0 Å². The van der Waals surface area contributed by atoms with Crippen LogP contribution in [-0.4, -0.2) is 49.3 Å². The number of allylic oxidation sites excluding steroid dienone is 1. The molecule has 1 amide bonds. The van der Waals surface area contributed by atoms with Crippen molar-refractivity contribution in [2.45, 2.75) is 39.5 Å². The first-order chi connectivity index (χ1) is 9.03. The van der Waals surface area contributed by atoms with Crippen LogP contribution < -0.4 is 0 Å². The maximum atomic E-state index is 12.1. The van der Waals surface area contributed by atoms with Crippen LogP contribution in [0.25, 0.3) is 0 Å². The Kier molecular flexibility index (Phi) is 6.52. The first-order valence-electron chi connectivity index (χ1n) is 7.06. The molecule has 0 aromatic rings. The molecular formula is C15H27NO3. The van der Waals surface area contributed by atoms with E-state index >= 15 is 0 Å². The molecule has 0 aromatic carbocycles. The van der Waals surface area contributed by atoms with E-state index in [2.05, 4.69) is 0 Å². The third-order valence-corrected chi connectivity index (χ3v) is 3.78. The van der Waals surface area contributed by atoms with Gasteiger partial charge in [-0.2, -0.15) is 0 Å². The van der Waals surface area contributed by atoms with Crippen LogP contribution in [0.5, 0.6) is 0 Å². The second-order valence-electron chi connectivity index (χ2n) is 5.84. The molecule has 0 radical (unpaired) electrons. The lowest BCUT2D eigenvalue weighted by molar-refractivity contribution is -0.130. The molecule has 0 saturated carbocycles. The Balaban J connectivity index is 2.64. The van der Waals surface area contributed by atoms with Crippen molar-refractivity contribution in [1.29, 1.82) is 0 Å². The number of amides is 1. The lowest BCUT2D eigenvalue weighted by atomic mass is 9.77. The average molecular weight is 269 g/mol. The number of rotatable bonds is 6. The highest BCUT2D eigenvalue weighted by atomic mass is 16.5. The summed E-state index contributed by atoms with van der Waals surface area (Å²) in [5.41, 5.74) is 0.881. The SMILES string of the molecule is COCCCC1(CO)CCCN(C(=O)C=C(C)C)C1. The molecule has 1 aliphatic heterocycles. The number of nitrogens with zero attached hydrogens (tertiary/aromatic N) is 1. The van der Waals surface area contributed by atoms with Crippen LogP contribution in [0.2, 0.25) is 0 Å². The number of hydrogen-bond acceptors (Lipinski definition) is 3. The quantitative estimate of drug-likeness (QED) is 0.592. The largest absolute Gasteiger partial charge is 0.396 e. The maximum Gasteiger partial charge on any atom is 0.246 e. The minimum absolute atomic E-state index is 0.0734. The van der Waals surface area contributed by atoms with Gasteiger partial charge in [0.2, 0.25) is 5.91 Å². The van der Waals surface area contributed by atoms with E-state index in [4.69, 9.17) is 4.74 Å². The molecule has 1 rings (SSSR count). The van der Waals surface area contributed by atoms with E-state index in [1.165, 1.54) is 0 Å². The zero-order valence-corrected chi connectivity index (χ0v) is 12.4. The summed E-state index contributed by atoms with van der Waals surface area (Å²) in [5, 5.41) is 9.73. The third kappa shape index (κ3) is 4.96. The summed E-state index contributed by atoms with van der Waals surface area (Å²) >= 11 is 0. The van der Waals surface area contributed by atoms with Crippen molar-refractivity contribution in [3.8, 4) is 0 Å². The molecule has 0 aliphatic carbocycles. The van der Waals surface area contributed by atoms with Gasteiger partial charge in [0.1, 0.15) is 0 Å². The molecule has 4 heteroatoms. The predicted molar refractivity (Wildman–Crippen MR) is 75.9 cm³/mol. The fraction of sp³-hybridized carbons (Fsp3) is 0.800. The zero-order chi connectivity index (χ0) is 14.3. The van der Waals surface area contributed by atoms with E-state index in [0.717, 1.165) is 37.8 Å². The number of hydrogen-bond donors (Lipinski definition) is 1. The van der Waals surface area contributed by atoms with Gasteiger partial charge in [0.25, 0.3) is 0 Å². The Hall–Kier alpha value is -0.870. The van der Waals surface area contributed by atoms with Crippen molar-refractivity contribution in [2.75, 3.05) is 33.4 Å². The minimum atomic E-state index is -0.137. The van der Waals surface area contributed by atoms with Crippen molar-refractivity contribution < 1.29 is 14.6 Å². The second kappa shape index (κ2) is 7.65. The first-order valence-corrected chi connectivity index (χ1v) is 7.06. The van der Waals surface area contributed by atoms with Gasteiger partial charge in [-0.25, -0.2) is 0 Å². The van der Waals surface area contributed by atoms with Crippen molar-refractivity contribution in [3.05, 3.63) is 11.6 Å². The molecule has 0 spiro atoms. The Morgan fingerprint density at radius 3 is 2.79 bits per heavy atom. The van der Waals surface area contributed by atoms with Crippen LogP contribution >= 0.6 is 0 Å². The van der Waals surface area contributed by atoms with Gasteiger partial charge in [0, 0.05) is 38.3 Å². The van der Waals surface area contributed by atoms with E-state index in [9.17, 15) is 9.90 Å². The summed E-state index contributed by atoms with van der Waals surface area (Å²) in [6.45, 7) is 6.18. The summed E-state index contributed by atoms with van der Waals surface area (Å²) in [6, 6.07) is 0. The van der Waals surface area contributed by atoms with Gasteiger partial charge >= 0.3 is 0 Å². The van der Waals surface area contributed by atoms with Crippen LogP contribution in [0.4, 0.5) is 0 Å². The Morgan fingerprint density at radius 2 is 2.21 bits per heavy atom. The van der Waals surface area contributed by atoms with E-state index in [1.807, 2.05) is 18.7 Å². The normalized spacial score (nSPS) is 23.3. The highest BCUT2D eigenvalue weighted by Crippen LogP contribution is 2.34. The van der Waals surface area contributed by atoms with Gasteiger partial charge < -0.3 is 14.7 Å². The van der Waals surface area contributed by atoms with Crippen molar-refractivity contribution in [2.24, 2.45) is 5.41 Å². The lowest BCUT2D eigenvalue weighted by Gasteiger charge is -2.41. The van der Waals surface area contributed by atoms with Gasteiger partial charge in [0.05, 0.1) is 6.61 Å². The maximum absolute atomic E-state index is 12.1. The fourth-order valence-corrected chi connectivity index (χ4v) is 2.74. The van der Waals surface area contributed by atoms with Gasteiger partial charge in [0.15, 0.2) is 0 Å². The lowest BCUT2D eigenvalue weighted by Crippen LogP contribution is -2.47. The van der Waals surface area contributed by atoms with Gasteiger partial charge in [-0.1, -0.05) is 5.57 Å². The van der Waals surface area contributed by atoms with Crippen LogP contribution in [0.1, 0.15) is 39.5 Å². The second-order valence-corrected chi connectivity index (χ2v) is 5.84. The topological polar surface area (TPSA) is 49.8 Å². The molecule has 1 saturated heterocycles. The standard InChI is InChI=1S/C15H27NO3/c1-13(2)10-14(18)16-8-4-6-15(11-16,12-17)7-5-9-19-3/h10,17H,4-9,11-12H2,1-3H3. The number of methoxy groups -OCH3 is 1. The van der Waals surface area contributed by atoms with Crippen LogP contribution in [0.15, 0.2) is 11.6 Å². The van der Waals surface area contributed by atoms with Crippen molar-refractivity contribution >= 4 is 5.91 Å². The van der Waals surface area contributed by atoms with Crippen molar-refractivity contribution in [1.82, 2.24) is 4.90 Å². The van der Waals surface area contributed by atoms with Crippen LogP contribution in [0.3, 0.4) is 0 Å². The summed E-state index contributed by atoms with van der Waals surface area (Å²) in [7, 11) is 1.69. The molecule has 1 aliphatic rings. The summed E-state index contributed by atoms with van der Waals surface area (Å²) in [4.78, 5) is 14.0. The molecule has 1 atom stereocenters. The summed E-state index contributed by atoms with van der Waals surface area (Å²) < 4.78 is 5.08. The van der Waals surface area contributed by atoms with Crippen LogP contribution in [0, 0.1) is 5.41 Å². The van der Waals surface area contributed by atoms with Gasteiger partial charge in [-0.05, 0) is 39.5 Å². The number of aliphatic hydroxyl groups is 1. The molecule has 1 N–H and O–H groups in total. The average Bonchev–Trinajstić information content (AvgIpc) is 2.38. The highest BCUT2D eigenvalue weighted by molar-refractivity contribution is 5.88. The van der Waals surface area contributed by atoms with E-state index in [-0.39, 0.29) is 17.9 Å². The molecule has 1 heterocycles. The summed E-state index contributed by atoms with van der Waals surface area (Å²) in [6.07, 6.45) is 5.49. The van der Waals surface area contributed by atoms with E-state index in [0.29, 0.717) is 13.2 Å². The molecule has 1 fully saturated rings. The number of ether oxygens (including phenoxy) is 1. The van der Waals surface area contributed by atoms with Gasteiger partial charge in [-0.15, -0.1) is 0 Å². The number of carbonyl (C=O) groups excluding carboxylic acids is 1. The van der Waals surface area contributed by atoms with Gasteiger partial charge in [-0.3, -0.25) is 4.79 Å². The Bertz CT molecular complexity index is 323. The van der Waals surface area contributed by atoms with Crippen LogP contribution in [-0.2, 0) is 9.53 Å². The predicted octanol–water partition coefficient (Wildman–Crippen LogP) is 1.98. The smallest absolute Gasteiger partial charge is 0.246 e. The Morgan fingerprint density at radius 1 is 1.47 bits per heavy atom. The molecule has 1 unspecified atom stereocenters. The third-order valence-electron chi connectivity index (χ3n) is 3.78. The molecule has 110 valence electrons. The molecular weight excluding hydrogens is 242 g/mol. The number of aliphatic hydroxyl groups excluding tert-OH is 1. The number of likely N-dealkylation sites (tertiary alicyclic amines) is 1. The van der Waals surface area contributed by atoms with E-state index in [1.54, 1.807) is 13.2 Å². The molecule has 0 aromatic heterocycles.